The van der Waals surface area contributed by atoms with Gasteiger partial charge in [0.25, 0.3) is 0 Å². The van der Waals surface area contributed by atoms with Gasteiger partial charge in [0.15, 0.2) is 5.82 Å². The smallest absolute Gasteiger partial charge is 0.150 e. The Morgan fingerprint density at radius 2 is 1.68 bits per heavy atom. The molecule has 0 aliphatic carbocycles. The van der Waals surface area contributed by atoms with E-state index in [1.54, 1.807) is 6.08 Å². The second kappa shape index (κ2) is 5.29. The second-order valence-electron chi connectivity index (χ2n) is 5.87. The molecule has 2 aromatic heterocycles. The molecule has 1 N–H and O–H groups in total. The third-order valence-electron chi connectivity index (χ3n) is 4.32. The number of para-hydroxylation sites is 2. The van der Waals surface area contributed by atoms with Crippen LogP contribution in [0.25, 0.3) is 27.9 Å². The predicted octanol–water partition coefficient (Wildman–Crippen LogP) is 5.33. The normalized spacial score (nSPS) is 13.3. The fourth-order valence-electron chi connectivity index (χ4n) is 3.15. The van der Waals surface area contributed by atoms with Gasteiger partial charge in [-0.1, -0.05) is 40.2 Å². The maximum atomic E-state index is 8.30. The van der Waals surface area contributed by atoms with Crippen LogP contribution in [-0.4, -0.2) is 15.4 Å². The molecule has 1 aliphatic heterocycles. The van der Waals surface area contributed by atoms with Gasteiger partial charge in [-0.25, -0.2) is 4.98 Å². The van der Waals surface area contributed by atoms with E-state index in [4.69, 9.17) is 9.83 Å². The molecule has 120 valence electrons. The van der Waals surface area contributed by atoms with Crippen molar-refractivity contribution in [3.8, 4) is 11.3 Å². The van der Waals surface area contributed by atoms with Gasteiger partial charge in [0.05, 0.1) is 16.6 Å². The Bertz CT molecular complexity index is 1170. The van der Waals surface area contributed by atoms with Crippen LogP contribution in [-0.2, 0) is 0 Å². The molecule has 0 radical (unpaired) electrons. The number of allylic oxidation sites excluding steroid dienone is 1. The highest BCUT2D eigenvalue weighted by Crippen LogP contribution is 2.34. The van der Waals surface area contributed by atoms with E-state index in [2.05, 4.69) is 20.9 Å². The van der Waals surface area contributed by atoms with E-state index in [0.717, 1.165) is 44.0 Å². The van der Waals surface area contributed by atoms with Gasteiger partial charge in [-0.15, -0.1) is 0 Å². The molecule has 1 aliphatic rings. The van der Waals surface area contributed by atoms with E-state index in [9.17, 15) is 0 Å². The Labute approximate surface area is 152 Å². The number of benzene rings is 2. The van der Waals surface area contributed by atoms with Gasteiger partial charge < -0.3 is 4.42 Å². The fourth-order valence-corrected chi connectivity index (χ4v) is 3.41. The SMILES string of the molecule is N=C1C=C(c2ccc(-c3ccc(Br)cc3)o2)c2nc3ccccc3n21. The Kier molecular flexibility index (Phi) is 3.05. The fraction of sp³-hybridized carbons (Fsp3) is 0. The van der Waals surface area contributed by atoms with E-state index >= 15 is 0 Å². The van der Waals surface area contributed by atoms with Crippen LogP contribution in [0.1, 0.15) is 11.6 Å². The average Bonchev–Trinajstić information content (AvgIpc) is 3.31. The number of furan rings is 1. The molecule has 3 heterocycles. The summed E-state index contributed by atoms with van der Waals surface area (Å²) >= 11 is 3.44. The summed E-state index contributed by atoms with van der Waals surface area (Å²) in [4.78, 5) is 4.68. The standard InChI is InChI=1S/C20H12BrN3O/c21-13-7-5-12(6-8-13)17-9-10-18(25-17)14-11-19(22)24-16-4-2-1-3-15(16)23-20(14)24/h1-11,22H. The van der Waals surface area contributed by atoms with Crippen LogP contribution < -0.4 is 0 Å². The van der Waals surface area contributed by atoms with Crippen molar-refractivity contribution in [2.75, 3.05) is 0 Å². The van der Waals surface area contributed by atoms with Crippen molar-refractivity contribution in [1.82, 2.24) is 9.55 Å². The van der Waals surface area contributed by atoms with Crippen LogP contribution in [0.2, 0.25) is 0 Å². The maximum absolute atomic E-state index is 8.30. The van der Waals surface area contributed by atoms with Crippen LogP contribution in [0.5, 0.6) is 0 Å². The van der Waals surface area contributed by atoms with Gasteiger partial charge in [-0.05, 0) is 42.5 Å². The molecular weight excluding hydrogens is 378 g/mol. The molecule has 0 atom stereocenters. The summed E-state index contributed by atoms with van der Waals surface area (Å²) in [5.41, 5.74) is 3.67. The summed E-state index contributed by atoms with van der Waals surface area (Å²) < 4.78 is 8.95. The van der Waals surface area contributed by atoms with Gasteiger partial charge in [0, 0.05) is 10.0 Å². The molecule has 4 aromatic rings. The molecular formula is C20H12BrN3O. The van der Waals surface area contributed by atoms with Crippen LogP contribution in [0, 0.1) is 5.41 Å². The van der Waals surface area contributed by atoms with Crippen molar-refractivity contribution in [3.63, 3.8) is 0 Å². The zero-order valence-electron chi connectivity index (χ0n) is 13.0. The molecule has 0 saturated carbocycles. The van der Waals surface area contributed by atoms with E-state index in [1.165, 1.54) is 0 Å². The van der Waals surface area contributed by atoms with Crippen LogP contribution in [0.15, 0.2) is 75.6 Å². The Balaban J connectivity index is 1.61. The zero-order chi connectivity index (χ0) is 17.0. The minimum Gasteiger partial charge on any atom is -0.456 e. The molecule has 0 spiro atoms. The van der Waals surface area contributed by atoms with Crippen LogP contribution >= 0.6 is 15.9 Å². The van der Waals surface area contributed by atoms with Crippen molar-refractivity contribution in [3.05, 3.63) is 82.8 Å². The first kappa shape index (κ1) is 14.4. The molecule has 0 amide bonds. The zero-order valence-corrected chi connectivity index (χ0v) is 14.6. The first-order valence-electron chi connectivity index (χ1n) is 7.85. The second-order valence-corrected chi connectivity index (χ2v) is 6.79. The highest BCUT2D eigenvalue weighted by molar-refractivity contribution is 9.10. The van der Waals surface area contributed by atoms with E-state index in [0.29, 0.717) is 5.84 Å². The highest BCUT2D eigenvalue weighted by Gasteiger charge is 2.26. The van der Waals surface area contributed by atoms with Crippen LogP contribution in [0.3, 0.4) is 0 Å². The van der Waals surface area contributed by atoms with Gasteiger partial charge >= 0.3 is 0 Å². The number of hydrogen-bond acceptors (Lipinski definition) is 3. The van der Waals surface area contributed by atoms with Crippen molar-refractivity contribution in [2.24, 2.45) is 0 Å². The van der Waals surface area contributed by atoms with Gasteiger partial charge in [0.1, 0.15) is 17.4 Å². The minimum absolute atomic E-state index is 0.403. The van der Waals surface area contributed by atoms with E-state index < -0.39 is 0 Å². The first-order valence-corrected chi connectivity index (χ1v) is 8.65. The number of fused-ring (bicyclic) bond motifs is 3. The molecule has 0 unspecified atom stereocenters. The lowest BCUT2D eigenvalue weighted by Gasteiger charge is -2.00. The van der Waals surface area contributed by atoms with Gasteiger partial charge in [-0.2, -0.15) is 0 Å². The number of nitrogens with one attached hydrogen (secondary N) is 1. The molecule has 5 heteroatoms. The number of hydrogen-bond donors (Lipinski definition) is 1. The number of imidazole rings is 1. The summed E-state index contributed by atoms with van der Waals surface area (Å²) in [5, 5.41) is 8.30. The summed E-state index contributed by atoms with van der Waals surface area (Å²) in [6.45, 7) is 0. The highest BCUT2D eigenvalue weighted by atomic mass is 79.9. The largest absolute Gasteiger partial charge is 0.456 e. The summed E-state index contributed by atoms with van der Waals surface area (Å²) in [7, 11) is 0. The Morgan fingerprint density at radius 1 is 0.920 bits per heavy atom. The molecule has 25 heavy (non-hydrogen) atoms. The summed E-state index contributed by atoms with van der Waals surface area (Å²) in [6.07, 6.45) is 1.80. The minimum atomic E-state index is 0.403. The van der Waals surface area contributed by atoms with Crippen molar-refractivity contribution in [2.45, 2.75) is 0 Å². The molecule has 4 nitrogen and oxygen atoms in total. The molecule has 5 rings (SSSR count). The number of aromatic nitrogens is 2. The molecule has 0 saturated heterocycles. The summed E-state index contributed by atoms with van der Waals surface area (Å²) in [5.74, 6) is 2.67. The summed E-state index contributed by atoms with van der Waals surface area (Å²) in [6, 6.07) is 19.7. The molecule has 2 aromatic carbocycles. The van der Waals surface area contributed by atoms with Crippen molar-refractivity contribution < 1.29 is 4.42 Å². The number of halogens is 1. The third-order valence-corrected chi connectivity index (χ3v) is 4.85. The third kappa shape index (κ3) is 2.20. The van der Waals surface area contributed by atoms with Gasteiger partial charge in [-0.3, -0.25) is 9.98 Å². The monoisotopic (exact) mass is 389 g/mol. The number of nitrogens with zero attached hydrogens (tertiary/aromatic N) is 2. The van der Waals surface area contributed by atoms with Crippen molar-refractivity contribution >= 4 is 38.4 Å². The Morgan fingerprint density at radius 3 is 2.52 bits per heavy atom. The predicted molar refractivity (Wildman–Crippen MR) is 102 cm³/mol. The number of rotatable bonds is 2. The first-order chi connectivity index (χ1) is 12.2. The molecule has 0 fully saturated rings. The van der Waals surface area contributed by atoms with Crippen molar-refractivity contribution in [1.29, 1.82) is 5.41 Å². The molecule has 0 bridgehead atoms. The maximum Gasteiger partial charge on any atom is 0.150 e. The average molecular weight is 390 g/mol. The lowest BCUT2D eigenvalue weighted by molar-refractivity contribution is 0.568. The van der Waals surface area contributed by atoms with E-state index in [1.807, 2.05) is 65.2 Å². The lowest BCUT2D eigenvalue weighted by Crippen LogP contribution is -2.03. The van der Waals surface area contributed by atoms with E-state index in [-0.39, 0.29) is 0 Å². The van der Waals surface area contributed by atoms with Crippen LogP contribution in [0.4, 0.5) is 0 Å². The van der Waals surface area contributed by atoms with Gasteiger partial charge in [0.2, 0.25) is 0 Å². The quantitative estimate of drug-likeness (QED) is 0.503. The topological polar surface area (TPSA) is 54.8 Å². The lowest BCUT2D eigenvalue weighted by atomic mass is 10.2. The Hall–Kier alpha value is -2.92.